The number of amides is 1. The molecule has 0 aromatic carbocycles. The van der Waals surface area contributed by atoms with E-state index in [-0.39, 0.29) is 12.0 Å². The van der Waals surface area contributed by atoms with Crippen LogP contribution >= 0.6 is 0 Å². The maximum atomic E-state index is 12.5. The molecule has 1 fully saturated rings. The van der Waals surface area contributed by atoms with Crippen LogP contribution in [0.4, 0.5) is 0 Å². The fourth-order valence-electron chi connectivity index (χ4n) is 2.48. The van der Waals surface area contributed by atoms with Gasteiger partial charge in [-0.3, -0.25) is 4.79 Å². The van der Waals surface area contributed by atoms with Crippen LogP contribution in [0.1, 0.15) is 43.0 Å². The Balaban J connectivity index is 2.02. The zero-order chi connectivity index (χ0) is 14.4. The first-order valence-corrected chi connectivity index (χ1v) is 7.30. The number of pyridine rings is 1. The van der Waals surface area contributed by atoms with Gasteiger partial charge in [-0.15, -0.1) is 0 Å². The predicted molar refractivity (Wildman–Crippen MR) is 75.2 cm³/mol. The fourth-order valence-corrected chi connectivity index (χ4v) is 2.48. The van der Waals surface area contributed by atoms with E-state index in [0.717, 1.165) is 25.9 Å². The Morgan fingerprint density at radius 3 is 2.80 bits per heavy atom. The molecule has 2 rings (SSSR count). The molecule has 1 aromatic heterocycles. The van der Waals surface area contributed by atoms with Crippen LogP contribution in [0.15, 0.2) is 24.5 Å². The highest BCUT2D eigenvalue weighted by atomic mass is 16.5. The Morgan fingerprint density at radius 2 is 2.20 bits per heavy atom. The molecule has 0 spiro atoms. The number of hydrogen-bond acceptors (Lipinski definition) is 3. The zero-order valence-electron chi connectivity index (χ0n) is 12.0. The van der Waals surface area contributed by atoms with Gasteiger partial charge in [0, 0.05) is 31.8 Å². The second-order valence-electron chi connectivity index (χ2n) is 5.19. The minimum atomic E-state index is -0.0263. The van der Waals surface area contributed by atoms with Crippen LogP contribution in [0.2, 0.25) is 0 Å². The SMILES string of the molecule is CCCN(C[C@H]1CCCCO1)C(=O)c1cc[n+]([O-])cc1. The Morgan fingerprint density at radius 1 is 1.45 bits per heavy atom. The molecule has 1 saturated heterocycles. The number of ether oxygens (including phenoxy) is 1. The minimum absolute atomic E-state index is 0.0263. The highest BCUT2D eigenvalue weighted by Gasteiger charge is 2.22. The molecule has 1 atom stereocenters. The van der Waals surface area contributed by atoms with Crippen LogP contribution < -0.4 is 4.73 Å². The quantitative estimate of drug-likeness (QED) is 0.609. The lowest BCUT2D eigenvalue weighted by molar-refractivity contribution is -0.605. The van der Waals surface area contributed by atoms with Gasteiger partial charge in [0.2, 0.25) is 0 Å². The van der Waals surface area contributed by atoms with E-state index in [0.29, 0.717) is 23.4 Å². The number of carbonyl (C=O) groups is 1. The molecule has 5 heteroatoms. The molecule has 0 radical (unpaired) electrons. The molecule has 2 heterocycles. The van der Waals surface area contributed by atoms with Crippen molar-refractivity contribution < 1.29 is 14.3 Å². The third-order valence-electron chi connectivity index (χ3n) is 3.53. The second kappa shape index (κ2) is 7.24. The molecule has 1 amide bonds. The average molecular weight is 278 g/mol. The molecular weight excluding hydrogens is 256 g/mol. The number of nitrogens with zero attached hydrogens (tertiary/aromatic N) is 2. The summed E-state index contributed by atoms with van der Waals surface area (Å²) in [5.74, 6) is -0.0263. The van der Waals surface area contributed by atoms with Crippen molar-refractivity contribution in [3.63, 3.8) is 0 Å². The van der Waals surface area contributed by atoms with E-state index in [1.807, 2.05) is 4.90 Å². The van der Waals surface area contributed by atoms with E-state index in [4.69, 9.17) is 4.74 Å². The van der Waals surface area contributed by atoms with E-state index in [9.17, 15) is 10.0 Å². The van der Waals surface area contributed by atoms with E-state index < -0.39 is 0 Å². The van der Waals surface area contributed by atoms with Crippen LogP contribution in [0, 0.1) is 5.21 Å². The van der Waals surface area contributed by atoms with Crippen LogP contribution in [0.25, 0.3) is 0 Å². The van der Waals surface area contributed by atoms with Crippen LogP contribution in [0.5, 0.6) is 0 Å². The molecule has 0 N–H and O–H groups in total. The molecule has 0 aliphatic carbocycles. The summed E-state index contributed by atoms with van der Waals surface area (Å²) in [7, 11) is 0. The van der Waals surface area contributed by atoms with Gasteiger partial charge in [-0.05, 0) is 25.7 Å². The Hall–Kier alpha value is -1.62. The van der Waals surface area contributed by atoms with Gasteiger partial charge in [0.15, 0.2) is 12.4 Å². The largest absolute Gasteiger partial charge is 0.619 e. The molecule has 0 unspecified atom stereocenters. The summed E-state index contributed by atoms with van der Waals surface area (Å²) >= 11 is 0. The summed E-state index contributed by atoms with van der Waals surface area (Å²) in [4.78, 5) is 14.3. The normalized spacial score (nSPS) is 18.8. The summed E-state index contributed by atoms with van der Waals surface area (Å²) in [6.07, 6.45) is 7.06. The van der Waals surface area contributed by atoms with Crippen LogP contribution in [-0.4, -0.2) is 36.6 Å². The van der Waals surface area contributed by atoms with Crippen LogP contribution in [-0.2, 0) is 4.74 Å². The van der Waals surface area contributed by atoms with Crippen molar-refractivity contribution >= 4 is 5.91 Å². The predicted octanol–water partition coefficient (Wildman–Crippen LogP) is 1.74. The molecule has 1 aromatic rings. The summed E-state index contributed by atoms with van der Waals surface area (Å²) in [5.41, 5.74) is 0.557. The van der Waals surface area contributed by atoms with Gasteiger partial charge in [-0.2, -0.15) is 4.73 Å². The molecule has 0 bridgehead atoms. The van der Waals surface area contributed by atoms with Crippen molar-refractivity contribution in [2.45, 2.75) is 38.7 Å². The van der Waals surface area contributed by atoms with Gasteiger partial charge in [0.25, 0.3) is 5.91 Å². The van der Waals surface area contributed by atoms with Crippen LogP contribution in [0.3, 0.4) is 0 Å². The van der Waals surface area contributed by atoms with Crippen molar-refractivity contribution in [2.75, 3.05) is 19.7 Å². The number of carbonyl (C=O) groups excluding carboxylic acids is 1. The minimum Gasteiger partial charge on any atom is -0.619 e. The molecular formula is C15H22N2O3. The maximum absolute atomic E-state index is 12.5. The number of hydrogen-bond donors (Lipinski definition) is 0. The van der Waals surface area contributed by atoms with Gasteiger partial charge in [0.05, 0.1) is 11.7 Å². The van der Waals surface area contributed by atoms with E-state index in [2.05, 4.69) is 6.92 Å². The third kappa shape index (κ3) is 3.93. The van der Waals surface area contributed by atoms with Gasteiger partial charge < -0.3 is 14.8 Å². The standard InChI is InChI=1S/C15H22N2O3/c1-2-8-16(12-14-5-3-4-11-20-14)15(18)13-6-9-17(19)10-7-13/h6-7,9-10,14H,2-5,8,11-12H2,1H3/t14-/m1/s1. The molecule has 20 heavy (non-hydrogen) atoms. The van der Waals surface area contributed by atoms with E-state index in [1.54, 1.807) is 12.1 Å². The topological polar surface area (TPSA) is 56.5 Å². The first kappa shape index (κ1) is 14.8. The van der Waals surface area contributed by atoms with Crippen molar-refractivity contribution in [3.8, 4) is 0 Å². The Labute approximate surface area is 119 Å². The Bertz CT molecular complexity index is 427. The van der Waals surface area contributed by atoms with Gasteiger partial charge >= 0.3 is 0 Å². The van der Waals surface area contributed by atoms with Crippen molar-refractivity contribution in [1.82, 2.24) is 4.90 Å². The summed E-state index contributed by atoms with van der Waals surface area (Å²) < 4.78 is 6.40. The van der Waals surface area contributed by atoms with Crippen molar-refractivity contribution in [1.29, 1.82) is 0 Å². The fraction of sp³-hybridized carbons (Fsp3) is 0.600. The van der Waals surface area contributed by atoms with Gasteiger partial charge in [-0.25, -0.2) is 0 Å². The van der Waals surface area contributed by atoms with Gasteiger partial charge in [0.1, 0.15) is 0 Å². The molecule has 0 saturated carbocycles. The summed E-state index contributed by atoms with van der Waals surface area (Å²) in [5, 5.41) is 11.0. The molecule has 5 nitrogen and oxygen atoms in total. The molecule has 1 aliphatic rings. The van der Waals surface area contributed by atoms with Crippen molar-refractivity contribution in [2.24, 2.45) is 0 Å². The average Bonchev–Trinajstić information content (AvgIpc) is 2.48. The molecule has 1 aliphatic heterocycles. The highest BCUT2D eigenvalue weighted by Crippen LogP contribution is 2.15. The van der Waals surface area contributed by atoms with E-state index in [1.165, 1.54) is 18.8 Å². The zero-order valence-corrected chi connectivity index (χ0v) is 12.0. The lowest BCUT2D eigenvalue weighted by Crippen LogP contribution is -2.40. The monoisotopic (exact) mass is 278 g/mol. The number of rotatable bonds is 5. The maximum Gasteiger partial charge on any atom is 0.254 e. The first-order chi connectivity index (χ1) is 9.70. The second-order valence-corrected chi connectivity index (χ2v) is 5.19. The van der Waals surface area contributed by atoms with Gasteiger partial charge in [-0.1, -0.05) is 6.92 Å². The summed E-state index contributed by atoms with van der Waals surface area (Å²) in [6.45, 7) is 4.20. The Kier molecular flexibility index (Phi) is 5.35. The van der Waals surface area contributed by atoms with E-state index >= 15 is 0 Å². The third-order valence-corrected chi connectivity index (χ3v) is 3.53. The first-order valence-electron chi connectivity index (χ1n) is 7.30. The smallest absolute Gasteiger partial charge is 0.254 e. The molecule has 110 valence electrons. The number of aromatic nitrogens is 1. The lowest BCUT2D eigenvalue weighted by Gasteiger charge is -2.29. The highest BCUT2D eigenvalue weighted by molar-refractivity contribution is 5.94. The lowest BCUT2D eigenvalue weighted by atomic mass is 10.1. The van der Waals surface area contributed by atoms with Crippen molar-refractivity contribution in [3.05, 3.63) is 35.3 Å². The summed E-state index contributed by atoms with van der Waals surface area (Å²) in [6, 6.07) is 3.14.